The Morgan fingerprint density at radius 1 is 1.03 bits per heavy atom. The average molecular weight is 441 g/mol. The molecule has 0 heterocycles. The van der Waals surface area contributed by atoms with E-state index in [2.05, 4.69) is 10.0 Å². The molecule has 2 aromatic carbocycles. The monoisotopic (exact) mass is 440 g/mol. The van der Waals surface area contributed by atoms with Gasteiger partial charge in [0.1, 0.15) is 0 Å². The van der Waals surface area contributed by atoms with Crippen molar-refractivity contribution in [2.24, 2.45) is 0 Å². The molecule has 0 radical (unpaired) electrons. The van der Waals surface area contributed by atoms with E-state index in [0.717, 1.165) is 6.26 Å². The highest BCUT2D eigenvalue weighted by Crippen LogP contribution is 2.24. The Kier molecular flexibility index (Phi) is 7.39. The first kappa shape index (κ1) is 22.9. The highest BCUT2D eigenvalue weighted by Gasteiger charge is 2.18. The normalized spacial score (nSPS) is 12.9. The fourth-order valence-corrected chi connectivity index (χ4v) is 4.41. The van der Waals surface area contributed by atoms with Crippen molar-refractivity contribution in [1.82, 2.24) is 5.32 Å². The molecule has 0 spiro atoms. The summed E-state index contributed by atoms with van der Waals surface area (Å²) in [5.74, 6) is -0.552. The molecule has 0 bridgehead atoms. The molecule has 0 aliphatic rings. The van der Waals surface area contributed by atoms with Gasteiger partial charge in [-0.2, -0.15) is 0 Å². The number of nitrogens with one attached hydrogen (secondary N) is 2. The summed E-state index contributed by atoms with van der Waals surface area (Å²) >= 11 is 0. The largest absolute Gasteiger partial charge is 0.384 e. The lowest BCUT2D eigenvalue weighted by Gasteiger charge is -2.18. The van der Waals surface area contributed by atoms with E-state index in [4.69, 9.17) is 4.74 Å². The Morgan fingerprint density at radius 2 is 1.66 bits per heavy atom. The van der Waals surface area contributed by atoms with Gasteiger partial charge in [-0.3, -0.25) is 9.52 Å². The highest BCUT2D eigenvalue weighted by molar-refractivity contribution is 7.92. The lowest BCUT2D eigenvalue weighted by molar-refractivity contribution is 0.0940. The van der Waals surface area contributed by atoms with Crippen LogP contribution in [0.15, 0.2) is 53.4 Å². The highest BCUT2D eigenvalue weighted by atomic mass is 32.2. The lowest BCUT2D eigenvalue weighted by Crippen LogP contribution is -2.27. The fourth-order valence-electron chi connectivity index (χ4n) is 2.65. The van der Waals surface area contributed by atoms with Gasteiger partial charge >= 0.3 is 0 Å². The Bertz CT molecular complexity index is 1060. The quantitative estimate of drug-likeness (QED) is 0.615. The summed E-state index contributed by atoms with van der Waals surface area (Å²) in [7, 11) is -5.52. The van der Waals surface area contributed by atoms with Gasteiger partial charge in [-0.05, 0) is 42.8 Å². The summed E-state index contributed by atoms with van der Waals surface area (Å²) < 4.78 is 54.6. The standard InChI is InChI=1S/C19H24N2O6S2/c1-14(17-6-4-5-7-18(17)21-28(3,23)24)20-19(22)15-8-10-16(11-9-15)29(25,26)13-12-27-2/h4-11,14,21H,12-13H2,1-3H3,(H,20,22). The second-order valence-electron chi connectivity index (χ2n) is 6.49. The molecule has 0 aliphatic carbocycles. The van der Waals surface area contributed by atoms with Crippen molar-refractivity contribution >= 4 is 31.5 Å². The maximum Gasteiger partial charge on any atom is 0.251 e. The first-order chi connectivity index (χ1) is 13.5. The van der Waals surface area contributed by atoms with Crippen LogP contribution >= 0.6 is 0 Å². The van der Waals surface area contributed by atoms with E-state index in [1.54, 1.807) is 31.2 Å². The van der Waals surface area contributed by atoms with Gasteiger partial charge in [0.25, 0.3) is 5.91 Å². The van der Waals surface area contributed by atoms with Crippen LogP contribution in [-0.2, 0) is 24.6 Å². The molecule has 0 aliphatic heterocycles. The number of hydrogen-bond acceptors (Lipinski definition) is 6. The van der Waals surface area contributed by atoms with Gasteiger partial charge in [-0.1, -0.05) is 18.2 Å². The molecule has 1 amide bonds. The molecule has 158 valence electrons. The summed E-state index contributed by atoms with van der Waals surface area (Å²) in [6.07, 6.45) is 1.05. The lowest BCUT2D eigenvalue weighted by atomic mass is 10.1. The van der Waals surface area contributed by atoms with Crippen molar-refractivity contribution in [1.29, 1.82) is 0 Å². The molecule has 0 saturated carbocycles. The van der Waals surface area contributed by atoms with Crippen LogP contribution in [0.1, 0.15) is 28.9 Å². The van der Waals surface area contributed by atoms with Crippen LogP contribution in [-0.4, -0.2) is 48.5 Å². The minimum Gasteiger partial charge on any atom is -0.384 e. The summed E-state index contributed by atoms with van der Waals surface area (Å²) in [6, 6.07) is 11.9. The molecule has 0 fully saturated rings. The van der Waals surface area contributed by atoms with Crippen LogP contribution in [0.5, 0.6) is 0 Å². The summed E-state index contributed by atoms with van der Waals surface area (Å²) in [5.41, 5.74) is 1.27. The van der Waals surface area contributed by atoms with Crippen LogP contribution in [0.4, 0.5) is 5.69 Å². The van der Waals surface area contributed by atoms with Crippen molar-refractivity contribution in [3.8, 4) is 0 Å². The van der Waals surface area contributed by atoms with Crippen molar-refractivity contribution in [3.63, 3.8) is 0 Å². The third kappa shape index (κ3) is 6.55. The van der Waals surface area contributed by atoms with Gasteiger partial charge in [0.15, 0.2) is 9.84 Å². The van der Waals surface area contributed by atoms with E-state index in [-0.39, 0.29) is 22.8 Å². The SMILES string of the molecule is COCCS(=O)(=O)c1ccc(C(=O)NC(C)c2ccccc2NS(C)(=O)=O)cc1. The molecular formula is C19H24N2O6S2. The first-order valence-electron chi connectivity index (χ1n) is 8.73. The summed E-state index contributed by atoms with van der Waals surface area (Å²) in [6.45, 7) is 1.81. The fraction of sp³-hybridized carbons (Fsp3) is 0.316. The number of ether oxygens (including phenoxy) is 1. The first-order valence-corrected chi connectivity index (χ1v) is 12.3. The molecule has 2 rings (SSSR count). The number of amides is 1. The third-order valence-corrected chi connectivity index (χ3v) is 6.39. The number of anilines is 1. The molecule has 0 saturated heterocycles. The topological polar surface area (TPSA) is 119 Å². The predicted molar refractivity (Wildman–Crippen MR) is 111 cm³/mol. The van der Waals surface area contributed by atoms with E-state index in [1.165, 1.54) is 31.4 Å². The van der Waals surface area contributed by atoms with E-state index < -0.39 is 31.8 Å². The van der Waals surface area contributed by atoms with Crippen LogP contribution in [0, 0.1) is 0 Å². The number of methoxy groups -OCH3 is 1. The third-order valence-electron chi connectivity index (χ3n) is 4.10. The van der Waals surface area contributed by atoms with Gasteiger partial charge in [0.2, 0.25) is 10.0 Å². The van der Waals surface area contributed by atoms with Gasteiger partial charge in [0.05, 0.1) is 35.2 Å². The molecule has 2 N–H and O–H groups in total. The zero-order valence-electron chi connectivity index (χ0n) is 16.4. The Labute approximate surface area is 171 Å². The number of carbonyl (C=O) groups excluding carboxylic acids is 1. The van der Waals surface area contributed by atoms with Crippen molar-refractivity contribution in [2.45, 2.75) is 17.9 Å². The maximum atomic E-state index is 12.5. The van der Waals surface area contributed by atoms with E-state index in [9.17, 15) is 21.6 Å². The molecule has 29 heavy (non-hydrogen) atoms. The summed E-state index contributed by atoms with van der Waals surface area (Å²) in [5, 5.41) is 2.79. The Hall–Kier alpha value is -2.43. The van der Waals surface area contributed by atoms with Gasteiger partial charge < -0.3 is 10.1 Å². The minimum absolute atomic E-state index is 0.0863. The zero-order chi connectivity index (χ0) is 21.7. The maximum absolute atomic E-state index is 12.5. The number of benzene rings is 2. The Balaban J connectivity index is 2.15. The molecule has 8 nitrogen and oxygen atoms in total. The molecule has 10 heteroatoms. The molecule has 1 atom stereocenters. The molecule has 2 aromatic rings. The van der Waals surface area contributed by atoms with Gasteiger partial charge in [-0.15, -0.1) is 0 Å². The second kappa shape index (κ2) is 9.38. The van der Waals surface area contributed by atoms with Crippen LogP contribution in [0.25, 0.3) is 0 Å². The van der Waals surface area contributed by atoms with E-state index >= 15 is 0 Å². The number of para-hydroxylation sites is 1. The minimum atomic E-state index is -3.48. The number of sulfonamides is 1. The average Bonchev–Trinajstić information content (AvgIpc) is 2.65. The number of hydrogen-bond donors (Lipinski definition) is 2. The van der Waals surface area contributed by atoms with E-state index in [0.29, 0.717) is 11.3 Å². The van der Waals surface area contributed by atoms with Crippen molar-refractivity contribution in [3.05, 3.63) is 59.7 Å². The van der Waals surface area contributed by atoms with Gasteiger partial charge in [0, 0.05) is 12.7 Å². The van der Waals surface area contributed by atoms with Crippen LogP contribution in [0.3, 0.4) is 0 Å². The molecular weight excluding hydrogens is 416 g/mol. The number of rotatable bonds is 9. The summed E-state index contributed by atoms with van der Waals surface area (Å²) in [4.78, 5) is 12.7. The second-order valence-corrected chi connectivity index (χ2v) is 10.4. The molecule has 0 aromatic heterocycles. The predicted octanol–water partition coefficient (Wildman–Crippen LogP) is 1.97. The van der Waals surface area contributed by atoms with Crippen molar-refractivity contribution in [2.75, 3.05) is 30.4 Å². The van der Waals surface area contributed by atoms with Crippen LogP contribution < -0.4 is 10.0 Å². The van der Waals surface area contributed by atoms with Crippen LogP contribution in [0.2, 0.25) is 0 Å². The van der Waals surface area contributed by atoms with Gasteiger partial charge in [-0.25, -0.2) is 16.8 Å². The molecule has 1 unspecified atom stereocenters. The smallest absolute Gasteiger partial charge is 0.251 e. The van der Waals surface area contributed by atoms with Crippen molar-refractivity contribution < 1.29 is 26.4 Å². The zero-order valence-corrected chi connectivity index (χ0v) is 18.0. The van der Waals surface area contributed by atoms with E-state index in [1.807, 2.05) is 0 Å². The number of sulfone groups is 1. The Morgan fingerprint density at radius 3 is 2.24 bits per heavy atom. The number of carbonyl (C=O) groups is 1.